The van der Waals surface area contributed by atoms with Crippen LogP contribution in [0.5, 0.6) is 0 Å². The molecule has 1 aromatic heterocycles. The van der Waals surface area contributed by atoms with Gasteiger partial charge in [0.25, 0.3) is 0 Å². The first-order valence-electron chi connectivity index (χ1n) is 6.91. The molecule has 0 radical (unpaired) electrons. The van der Waals surface area contributed by atoms with Gasteiger partial charge in [0.15, 0.2) is 0 Å². The summed E-state index contributed by atoms with van der Waals surface area (Å²) < 4.78 is 0.173. The Morgan fingerprint density at radius 2 is 2.14 bits per heavy atom. The lowest BCUT2D eigenvalue weighted by molar-refractivity contribution is 0.0692. The standard InChI is InChI=1S/C14H21N3O3S/c1-9-8-10(11(15-9)12(18)19)16-13(20)17-5-4-14(2,3)21-7-6-17/h8,15H,4-7H2,1-3H3,(H,16,20)(H,18,19). The Balaban J connectivity index is 2.06. The molecule has 1 aliphatic heterocycles. The van der Waals surface area contributed by atoms with E-state index in [-0.39, 0.29) is 16.5 Å². The maximum Gasteiger partial charge on any atom is 0.354 e. The fourth-order valence-corrected chi connectivity index (χ4v) is 3.37. The fraction of sp³-hybridized carbons (Fsp3) is 0.571. The molecule has 7 heteroatoms. The molecule has 0 aromatic carbocycles. The summed E-state index contributed by atoms with van der Waals surface area (Å²) in [7, 11) is 0. The molecular formula is C14H21N3O3S. The molecule has 0 aliphatic carbocycles. The minimum atomic E-state index is -1.08. The molecule has 2 heterocycles. The Kier molecular flexibility index (Phi) is 4.51. The SMILES string of the molecule is Cc1cc(NC(=O)N2CCSC(C)(C)CC2)c(C(=O)O)[nH]1. The van der Waals surface area contributed by atoms with Gasteiger partial charge in [0.1, 0.15) is 5.69 Å². The van der Waals surface area contributed by atoms with Crippen molar-refractivity contribution in [2.24, 2.45) is 0 Å². The van der Waals surface area contributed by atoms with Crippen LogP contribution in [0.1, 0.15) is 36.5 Å². The summed E-state index contributed by atoms with van der Waals surface area (Å²) in [6.45, 7) is 7.46. The quantitative estimate of drug-likeness (QED) is 0.784. The monoisotopic (exact) mass is 311 g/mol. The van der Waals surface area contributed by atoms with Crippen LogP contribution in [0.15, 0.2) is 6.07 Å². The summed E-state index contributed by atoms with van der Waals surface area (Å²) in [6.07, 6.45) is 0.920. The first-order valence-corrected chi connectivity index (χ1v) is 7.90. The van der Waals surface area contributed by atoms with E-state index in [1.165, 1.54) is 0 Å². The van der Waals surface area contributed by atoms with E-state index in [0.29, 0.717) is 24.5 Å². The smallest absolute Gasteiger partial charge is 0.354 e. The summed E-state index contributed by atoms with van der Waals surface area (Å²) in [5, 5.41) is 11.8. The maximum atomic E-state index is 12.3. The summed E-state index contributed by atoms with van der Waals surface area (Å²) >= 11 is 1.86. The van der Waals surface area contributed by atoms with Gasteiger partial charge in [-0.3, -0.25) is 0 Å². The number of thioether (sulfide) groups is 1. The average molecular weight is 311 g/mol. The Labute approximate surface area is 128 Å². The van der Waals surface area contributed by atoms with Crippen molar-refractivity contribution in [3.05, 3.63) is 17.5 Å². The number of carbonyl (C=O) groups is 2. The van der Waals surface area contributed by atoms with Gasteiger partial charge >= 0.3 is 12.0 Å². The number of nitrogens with zero attached hydrogens (tertiary/aromatic N) is 1. The van der Waals surface area contributed by atoms with Crippen molar-refractivity contribution in [3.8, 4) is 0 Å². The van der Waals surface area contributed by atoms with Crippen molar-refractivity contribution in [3.63, 3.8) is 0 Å². The van der Waals surface area contributed by atoms with Gasteiger partial charge in [-0.05, 0) is 19.4 Å². The van der Waals surface area contributed by atoms with Crippen LogP contribution in [-0.2, 0) is 0 Å². The Morgan fingerprint density at radius 3 is 2.81 bits per heavy atom. The molecule has 0 spiro atoms. The number of aromatic amines is 1. The van der Waals surface area contributed by atoms with E-state index in [1.54, 1.807) is 17.9 Å². The number of nitrogens with one attached hydrogen (secondary N) is 2. The number of carboxylic acid groups (broad SMARTS) is 1. The molecule has 0 unspecified atom stereocenters. The molecule has 1 aliphatic rings. The van der Waals surface area contributed by atoms with E-state index >= 15 is 0 Å². The fourth-order valence-electron chi connectivity index (χ4n) is 2.27. The number of amides is 2. The second-order valence-electron chi connectivity index (χ2n) is 5.82. The van der Waals surface area contributed by atoms with Crippen molar-refractivity contribution in [1.82, 2.24) is 9.88 Å². The Morgan fingerprint density at radius 1 is 1.43 bits per heavy atom. The second kappa shape index (κ2) is 6.01. The zero-order valence-corrected chi connectivity index (χ0v) is 13.3. The molecule has 2 rings (SSSR count). The Bertz CT molecular complexity index is 554. The molecule has 21 heavy (non-hydrogen) atoms. The third-order valence-corrected chi connectivity index (χ3v) is 4.91. The lowest BCUT2D eigenvalue weighted by atomic mass is 10.1. The summed E-state index contributed by atoms with van der Waals surface area (Å²) in [4.78, 5) is 27.9. The number of urea groups is 1. The number of aromatic nitrogens is 1. The van der Waals surface area contributed by atoms with Gasteiger partial charge in [-0.25, -0.2) is 9.59 Å². The first-order chi connectivity index (χ1) is 9.78. The van der Waals surface area contributed by atoms with Crippen molar-refractivity contribution in [1.29, 1.82) is 0 Å². The van der Waals surface area contributed by atoms with Gasteiger partial charge in [0.2, 0.25) is 0 Å². The Hall–Kier alpha value is -1.63. The van der Waals surface area contributed by atoms with Crippen LogP contribution >= 0.6 is 11.8 Å². The van der Waals surface area contributed by atoms with E-state index in [2.05, 4.69) is 24.1 Å². The summed E-state index contributed by atoms with van der Waals surface area (Å²) in [5.41, 5.74) is 1.04. The van der Waals surface area contributed by atoms with Gasteiger partial charge in [-0.15, -0.1) is 0 Å². The molecule has 1 fully saturated rings. The topological polar surface area (TPSA) is 85.4 Å². The summed E-state index contributed by atoms with van der Waals surface area (Å²) in [5.74, 6) is -0.191. The number of aromatic carboxylic acids is 1. The molecular weight excluding hydrogens is 290 g/mol. The molecule has 0 saturated carbocycles. The normalized spacial score (nSPS) is 18.1. The number of carboxylic acids is 1. The van der Waals surface area contributed by atoms with Gasteiger partial charge < -0.3 is 20.3 Å². The summed E-state index contributed by atoms with van der Waals surface area (Å²) in [6, 6.07) is 1.40. The highest BCUT2D eigenvalue weighted by Gasteiger charge is 2.26. The largest absolute Gasteiger partial charge is 0.477 e. The number of hydrogen-bond acceptors (Lipinski definition) is 3. The van der Waals surface area contributed by atoms with Gasteiger partial charge in [0, 0.05) is 29.3 Å². The third kappa shape index (κ3) is 3.93. The molecule has 0 atom stereocenters. The van der Waals surface area contributed by atoms with Crippen molar-refractivity contribution in [2.45, 2.75) is 31.9 Å². The highest BCUT2D eigenvalue weighted by molar-refractivity contribution is 8.00. The molecule has 1 saturated heterocycles. The van der Waals surface area contributed by atoms with Crippen LogP contribution in [0.25, 0.3) is 0 Å². The van der Waals surface area contributed by atoms with Gasteiger partial charge in [-0.2, -0.15) is 11.8 Å². The second-order valence-corrected chi connectivity index (χ2v) is 7.62. The molecule has 116 valence electrons. The third-order valence-electron chi connectivity index (χ3n) is 3.53. The minimum absolute atomic E-state index is 0.0189. The van der Waals surface area contributed by atoms with E-state index in [4.69, 9.17) is 5.11 Å². The van der Waals surface area contributed by atoms with Crippen molar-refractivity contribution in [2.75, 3.05) is 24.2 Å². The molecule has 0 bridgehead atoms. The van der Waals surface area contributed by atoms with Crippen LogP contribution < -0.4 is 5.32 Å². The predicted octanol–water partition coefficient (Wildman–Crippen LogP) is 2.77. The zero-order valence-electron chi connectivity index (χ0n) is 12.5. The number of anilines is 1. The molecule has 2 amide bonds. The maximum absolute atomic E-state index is 12.3. The van der Waals surface area contributed by atoms with Crippen LogP contribution in [0.3, 0.4) is 0 Å². The lowest BCUT2D eigenvalue weighted by Gasteiger charge is -2.22. The van der Waals surface area contributed by atoms with Crippen LogP contribution in [0.2, 0.25) is 0 Å². The minimum Gasteiger partial charge on any atom is -0.477 e. The average Bonchev–Trinajstić information content (AvgIpc) is 2.63. The number of rotatable bonds is 2. The highest BCUT2D eigenvalue weighted by atomic mass is 32.2. The van der Waals surface area contributed by atoms with Crippen LogP contribution in [-0.4, -0.2) is 50.6 Å². The number of H-pyrrole nitrogens is 1. The van der Waals surface area contributed by atoms with E-state index < -0.39 is 5.97 Å². The van der Waals surface area contributed by atoms with Crippen LogP contribution in [0.4, 0.5) is 10.5 Å². The lowest BCUT2D eigenvalue weighted by Crippen LogP contribution is -2.37. The number of hydrogen-bond donors (Lipinski definition) is 3. The molecule has 3 N–H and O–H groups in total. The van der Waals surface area contributed by atoms with E-state index in [9.17, 15) is 9.59 Å². The number of aryl methyl sites for hydroxylation is 1. The van der Waals surface area contributed by atoms with E-state index in [1.807, 2.05) is 11.8 Å². The van der Waals surface area contributed by atoms with Crippen molar-refractivity contribution < 1.29 is 14.7 Å². The zero-order chi connectivity index (χ0) is 15.6. The number of carbonyl (C=O) groups excluding carboxylic acids is 1. The van der Waals surface area contributed by atoms with Gasteiger partial charge in [-0.1, -0.05) is 13.8 Å². The predicted molar refractivity (Wildman–Crippen MR) is 84.2 cm³/mol. The molecule has 6 nitrogen and oxygen atoms in total. The molecule has 1 aromatic rings. The van der Waals surface area contributed by atoms with E-state index in [0.717, 1.165) is 12.2 Å². The highest BCUT2D eigenvalue weighted by Crippen LogP contribution is 2.30. The first kappa shape index (κ1) is 15.8. The van der Waals surface area contributed by atoms with Crippen molar-refractivity contribution >= 4 is 29.4 Å². The van der Waals surface area contributed by atoms with Gasteiger partial charge in [0.05, 0.1) is 5.69 Å². The van der Waals surface area contributed by atoms with Crippen LogP contribution in [0, 0.1) is 6.92 Å².